The van der Waals surface area contributed by atoms with Crippen LogP contribution >= 0.6 is 0 Å². The minimum Gasteiger partial charge on any atom is -0.325 e. The zero-order valence-corrected chi connectivity index (χ0v) is 17.9. The smallest absolute Gasteiger partial charge is 0.244 e. The third-order valence-electron chi connectivity index (χ3n) is 8.72. The second kappa shape index (κ2) is 7.04. The monoisotopic (exact) mass is 418 g/mol. The first-order valence-corrected chi connectivity index (χ1v) is 11.9. The normalized spacial score (nSPS) is 37.9. The largest absolute Gasteiger partial charge is 0.325 e. The van der Waals surface area contributed by atoms with E-state index in [9.17, 15) is 14.4 Å². The summed E-state index contributed by atoms with van der Waals surface area (Å²) >= 11 is 0. The zero-order chi connectivity index (χ0) is 21.2. The number of fused-ring (bicyclic) bond motifs is 1. The first-order chi connectivity index (χ1) is 15.0. The van der Waals surface area contributed by atoms with Crippen molar-refractivity contribution in [3.8, 4) is 0 Å². The molecule has 162 valence electrons. The topological polar surface area (TPSA) is 66.5 Å². The van der Waals surface area contributed by atoms with Crippen LogP contribution in [0.25, 0.3) is 0 Å². The SMILES string of the molecule is O=C(CN1C(=O)[C@H]2CC=CC[C@H]2C1=O)Nc1ccc(C23CC4CC(CC(C4)C2)C3)cc1. The lowest BCUT2D eigenvalue weighted by Gasteiger charge is -2.57. The van der Waals surface area contributed by atoms with Crippen LogP contribution in [0.5, 0.6) is 0 Å². The molecule has 31 heavy (non-hydrogen) atoms. The molecule has 1 saturated heterocycles. The van der Waals surface area contributed by atoms with Gasteiger partial charge in [0.2, 0.25) is 17.7 Å². The number of carbonyl (C=O) groups excluding carboxylic acids is 3. The Morgan fingerprint density at radius 3 is 1.90 bits per heavy atom. The summed E-state index contributed by atoms with van der Waals surface area (Å²) in [5.74, 6) is 1.42. The Balaban J connectivity index is 1.12. The van der Waals surface area contributed by atoms with Crippen LogP contribution in [0.2, 0.25) is 0 Å². The molecule has 1 N–H and O–H groups in total. The maximum Gasteiger partial charge on any atom is 0.244 e. The fraction of sp³-hybridized carbons (Fsp3) is 0.577. The number of carbonyl (C=O) groups is 3. The summed E-state index contributed by atoms with van der Waals surface area (Å²) in [6.45, 7) is -0.193. The molecular weight excluding hydrogens is 388 g/mol. The van der Waals surface area contributed by atoms with E-state index in [0.717, 1.165) is 28.3 Å². The molecule has 0 aromatic heterocycles. The molecule has 3 amide bonds. The van der Waals surface area contributed by atoms with Crippen molar-refractivity contribution >= 4 is 23.4 Å². The number of hydrogen-bond donors (Lipinski definition) is 1. The summed E-state index contributed by atoms with van der Waals surface area (Å²) in [5, 5.41) is 2.89. The summed E-state index contributed by atoms with van der Waals surface area (Å²) in [6, 6.07) is 8.36. The molecule has 5 nitrogen and oxygen atoms in total. The predicted octanol–water partition coefficient (Wildman–Crippen LogP) is 4.04. The number of amides is 3. The van der Waals surface area contributed by atoms with E-state index >= 15 is 0 Å². The molecular formula is C26H30N2O3. The molecule has 4 bridgehead atoms. The second-order valence-electron chi connectivity index (χ2n) is 10.7. The minimum absolute atomic E-state index is 0.193. The van der Waals surface area contributed by atoms with Gasteiger partial charge in [-0.2, -0.15) is 0 Å². The number of hydrogen-bond acceptors (Lipinski definition) is 3. The van der Waals surface area contributed by atoms with E-state index in [1.165, 1.54) is 44.1 Å². The van der Waals surface area contributed by atoms with Gasteiger partial charge in [0.1, 0.15) is 6.54 Å². The number of rotatable bonds is 4. The van der Waals surface area contributed by atoms with Crippen LogP contribution in [0.1, 0.15) is 56.9 Å². The van der Waals surface area contributed by atoms with Crippen LogP contribution in [0.4, 0.5) is 5.69 Å². The van der Waals surface area contributed by atoms with Crippen LogP contribution in [0, 0.1) is 29.6 Å². The lowest BCUT2D eigenvalue weighted by molar-refractivity contribution is -0.142. The van der Waals surface area contributed by atoms with E-state index in [2.05, 4.69) is 17.4 Å². The fourth-order valence-electron chi connectivity index (χ4n) is 7.74. The van der Waals surface area contributed by atoms with Gasteiger partial charge in [-0.1, -0.05) is 24.3 Å². The van der Waals surface area contributed by atoms with E-state index in [1.807, 2.05) is 24.3 Å². The maximum absolute atomic E-state index is 12.6. The van der Waals surface area contributed by atoms with Gasteiger partial charge in [-0.05, 0) is 92.2 Å². The molecule has 0 unspecified atom stereocenters. The quantitative estimate of drug-likeness (QED) is 0.593. The van der Waals surface area contributed by atoms with Gasteiger partial charge in [0.05, 0.1) is 11.8 Å². The number of benzene rings is 1. The predicted molar refractivity (Wildman–Crippen MR) is 117 cm³/mol. The van der Waals surface area contributed by atoms with Crippen molar-refractivity contribution < 1.29 is 14.4 Å². The van der Waals surface area contributed by atoms with Gasteiger partial charge in [0.25, 0.3) is 0 Å². The van der Waals surface area contributed by atoms with Crippen LogP contribution in [0.15, 0.2) is 36.4 Å². The van der Waals surface area contributed by atoms with Crippen molar-refractivity contribution in [2.24, 2.45) is 29.6 Å². The lowest BCUT2D eigenvalue weighted by Crippen LogP contribution is -2.48. The van der Waals surface area contributed by atoms with Crippen molar-refractivity contribution in [2.45, 2.75) is 56.8 Å². The van der Waals surface area contributed by atoms with E-state index in [4.69, 9.17) is 0 Å². The van der Waals surface area contributed by atoms with Crippen LogP contribution in [0.3, 0.4) is 0 Å². The Kier molecular flexibility index (Phi) is 4.38. The van der Waals surface area contributed by atoms with Crippen molar-refractivity contribution in [1.82, 2.24) is 4.90 Å². The van der Waals surface area contributed by atoms with Crippen LogP contribution < -0.4 is 5.32 Å². The molecule has 1 heterocycles. The average molecular weight is 419 g/mol. The van der Waals surface area contributed by atoms with Gasteiger partial charge in [0, 0.05) is 5.69 Å². The number of imide groups is 1. The minimum atomic E-state index is -0.309. The molecule has 1 aliphatic heterocycles. The summed E-state index contributed by atoms with van der Waals surface area (Å²) in [5.41, 5.74) is 2.50. The summed E-state index contributed by atoms with van der Waals surface area (Å²) in [7, 11) is 0. The van der Waals surface area contributed by atoms with Gasteiger partial charge >= 0.3 is 0 Å². The molecule has 5 heteroatoms. The summed E-state index contributed by atoms with van der Waals surface area (Å²) in [4.78, 5) is 38.9. The number of nitrogens with zero attached hydrogens (tertiary/aromatic N) is 1. The van der Waals surface area contributed by atoms with Gasteiger partial charge in [-0.25, -0.2) is 0 Å². The molecule has 2 atom stereocenters. The van der Waals surface area contributed by atoms with Crippen LogP contribution in [-0.2, 0) is 19.8 Å². The standard InChI is InChI=1S/C26H30N2O3/c29-23(15-28-24(30)21-3-1-2-4-22(21)25(28)31)27-20-7-5-19(6-8-20)26-12-16-9-17(13-26)11-18(10-16)14-26/h1-2,5-8,16-18,21-22H,3-4,9-15H2,(H,27,29)/t16?,17?,18?,21-,22+,26?. The van der Waals surface area contributed by atoms with Gasteiger partial charge in [-0.15, -0.1) is 0 Å². The molecule has 1 aromatic carbocycles. The highest BCUT2D eigenvalue weighted by Gasteiger charge is 2.51. The van der Waals surface area contributed by atoms with Gasteiger partial charge in [-0.3, -0.25) is 19.3 Å². The van der Waals surface area contributed by atoms with Crippen LogP contribution in [-0.4, -0.2) is 29.2 Å². The fourth-order valence-corrected chi connectivity index (χ4v) is 7.74. The Labute approximate surface area is 183 Å². The first kappa shape index (κ1) is 19.3. The molecule has 1 aromatic rings. The van der Waals surface area contributed by atoms with Crippen molar-refractivity contribution in [2.75, 3.05) is 11.9 Å². The van der Waals surface area contributed by atoms with Gasteiger partial charge < -0.3 is 5.32 Å². The molecule has 6 aliphatic rings. The highest BCUT2D eigenvalue weighted by molar-refractivity contribution is 6.08. The number of anilines is 1. The third kappa shape index (κ3) is 3.16. The number of nitrogens with one attached hydrogen (secondary N) is 1. The number of allylic oxidation sites excluding steroid dienone is 2. The van der Waals surface area contributed by atoms with E-state index in [-0.39, 0.29) is 36.1 Å². The average Bonchev–Trinajstić information content (AvgIpc) is 2.98. The van der Waals surface area contributed by atoms with Gasteiger partial charge in [0.15, 0.2) is 0 Å². The van der Waals surface area contributed by atoms with E-state index < -0.39 is 0 Å². The maximum atomic E-state index is 12.6. The third-order valence-corrected chi connectivity index (χ3v) is 8.72. The van der Waals surface area contributed by atoms with Crippen molar-refractivity contribution in [3.63, 3.8) is 0 Å². The molecule has 7 rings (SSSR count). The molecule has 5 fully saturated rings. The Morgan fingerprint density at radius 1 is 0.871 bits per heavy atom. The molecule has 4 saturated carbocycles. The van der Waals surface area contributed by atoms with Crippen molar-refractivity contribution in [1.29, 1.82) is 0 Å². The molecule has 0 spiro atoms. The zero-order valence-electron chi connectivity index (χ0n) is 17.9. The molecule has 0 radical (unpaired) electrons. The summed E-state index contributed by atoms with van der Waals surface area (Å²) < 4.78 is 0. The second-order valence-corrected chi connectivity index (χ2v) is 10.7. The Hall–Kier alpha value is -2.43. The summed E-state index contributed by atoms with van der Waals surface area (Å²) in [6.07, 6.45) is 13.4. The highest BCUT2D eigenvalue weighted by Crippen LogP contribution is 2.60. The Morgan fingerprint density at radius 2 is 1.39 bits per heavy atom. The number of likely N-dealkylation sites (tertiary alicyclic amines) is 1. The first-order valence-electron chi connectivity index (χ1n) is 11.9. The van der Waals surface area contributed by atoms with Crippen molar-refractivity contribution in [3.05, 3.63) is 42.0 Å². The highest BCUT2D eigenvalue weighted by atomic mass is 16.2. The molecule has 5 aliphatic carbocycles. The van der Waals surface area contributed by atoms with E-state index in [0.29, 0.717) is 18.3 Å². The Bertz CT molecular complexity index is 902. The lowest BCUT2D eigenvalue weighted by atomic mass is 9.48. The van der Waals surface area contributed by atoms with E-state index in [1.54, 1.807) is 0 Å².